The Morgan fingerprint density at radius 2 is 1.78 bits per heavy atom. The van der Waals surface area contributed by atoms with E-state index in [4.69, 9.17) is 9.84 Å². The summed E-state index contributed by atoms with van der Waals surface area (Å²) in [5.74, 6) is -1.50. The Labute approximate surface area is 155 Å². The number of ketones is 1. The summed E-state index contributed by atoms with van der Waals surface area (Å²) in [5, 5.41) is 20.8. The number of carbonyl (C=O) groups excluding carboxylic acids is 1. The van der Waals surface area contributed by atoms with E-state index in [2.05, 4.69) is 0 Å². The van der Waals surface area contributed by atoms with Crippen LogP contribution >= 0.6 is 0 Å². The average Bonchev–Trinajstić information content (AvgIpc) is 2.53. The Balaban J connectivity index is 0.00000264. The molecule has 0 bridgehead atoms. The first kappa shape index (κ1) is 19.0. The average molecular weight is 320 g/mol. The molecule has 0 heterocycles. The molecule has 2 aromatic carbocycles. The molecule has 0 atom stereocenters. The topological polar surface area (TPSA) is 86.7 Å². The second-order valence-corrected chi connectivity index (χ2v) is 4.45. The summed E-state index contributed by atoms with van der Waals surface area (Å²) < 4.78 is 4.93. The van der Waals surface area contributed by atoms with Gasteiger partial charge in [0.05, 0.1) is 12.7 Å². The minimum Gasteiger partial charge on any atom is -0.872 e. The normalized spacial score (nSPS) is 10.1. The zero-order valence-corrected chi connectivity index (χ0v) is 14.8. The van der Waals surface area contributed by atoms with Gasteiger partial charge in [0.25, 0.3) is 0 Å². The van der Waals surface area contributed by atoms with Gasteiger partial charge in [-0.1, -0.05) is 36.1 Å². The zero-order valence-electron chi connectivity index (χ0n) is 12.8. The van der Waals surface area contributed by atoms with Gasteiger partial charge in [-0.2, -0.15) is 0 Å². The molecule has 0 aliphatic rings. The van der Waals surface area contributed by atoms with Crippen LogP contribution in [-0.2, 0) is 0 Å². The van der Waals surface area contributed by atoms with Crippen LogP contribution in [0.5, 0.6) is 11.5 Å². The van der Waals surface area contributed by atoms with E-state index in [1.165, 1.54) is 43.5 Å². The van der Waals surface area contributed by atoms with Gasteiger partial charge in [-0.3, -0.25) is 4.79 Å². The third-order valence-electron chi connectivity index (χ3n) is 3.06. The number of carbonyl (C=O) groups is 2. The van der Waals surface area contributed by atoms with Crippen molar-refractivity contribution in [2.75, 3.05) is 7.11 Å². The van der Waals surface area contributed by atoms with Crippen molar-refractivity contribution in [2.45, 2.75) is 0 Å². The van der Waals surface area contributed by atoms with E-state index in [1.807, 2.05) is 0 Å². The predicted octanol–water partition coefficient (Wildman–Crippen LogP) is -0.633. The summed E-state index contributed by atoms with van der Waals surface area (Å²) in [4.78, 5) is 23.2. The van der Waals surface area contributed by atoms with Crippen molar-refractivity contribution in [3.05, 3.63) is 65.2 Å². The van der Waals surface area contributed by atoms with E-state index < -0.39 is 11.8 Å². The number of benzene rings is 2. The van der Waals surface area contributed by atoms with Gasteiger partial charge in [0.2, 0.25) is 0 Å². The van der Waals surface area contributed by atoms with Crippen LogP contribution < -0.4 is 39.4 Å². The molecule has 0 saturated heterocycles. The van der Waals surface area contributed by atoms with Crippen molar-refractivity contribution in [2.24, 2.45) is 0 Å². The molecule has 2 aromatic rings. The minimum atomic E-state index is -1.17. The summed E-state index contributed by atoms with van der Waals surface area (Å²) in [7, 11) is 1.46. The SMILES string of the molecule is COc1ccc(/C=C/C(=O)c2ccccc2C(=O)O)c([O-])c1.[Na+]. The molecule has 0 amide bonds. The van der Waals surface area contributed by atoms with E-state index in [0.717, 1.165) is 0 Å². The van der Waals surface area contributed by atoms with Crippen LogP contribution in [0.4, 0.5) is 0 Å². The van der Waals surface area contributed by atoms with E-state index in [0.29, 0.717) is 11.3 Å². The van der Waals surface area contributed by atoms with Gasteiger partial charge in [0.1, 0.15) is 5.75 Å². The zero-order chi connectivity index (χ0) is 16.1. The molecule has 0 fully saturated rings. The van der Waals surface area contributed by atoms with Crippen molar-refractivity contribution in [3.8, 4) is 11.5 Å². The molecule has 1 N–H and O–H groups in total. The van der Waals surface area contributed by atoms with Crippen molar-refractivity contribution in [1.29, 1.82) is 0 Å². The molecule has 0 aromatic heterocycles. The minimum absolute atomic E-state index is 0. The number of carboxylic acid groups (broad SMARTS) is 1. The first-order valence-corrected chi connectivity index (χ1v) is 6.42. The number of allylic oxidation sites excluding steroid dienone is 1. The van der Waals surface area contributed by atoms with Gasteiger partial charge in [0, 0.05) is 5.56 Å². The molecule has 0 radical (unpaired) electrons. The third-order valence-corrected chi connectivity index (χ3v) is 3.06. The molecule has 0 unspecified atom stereocenters. The maximum Gasteiger partial charge on any atom is 1.00 e. The molecular weight excluding hydrogens is 307 g/mol. The van der Waals surface area contributed by atoms with Crippen LogP contribution in [0.15, 0.2) is 48.5 Å². The number of hydrogen-bond donors (Lipinski definition) is 1. The number of aromatic carboxylic acids is 1. The molecule has 23 heavy (non-hydrogen) atoms. The third kappa shape index (κ3) is 4.69. The standard InChI is InChI=1S/C17H14O5.Na/c1-22-12-8-6-11(16(19)10-12)7-9-15(18)13-4-2-3-5-14(13)17(20)21;/h2-10,19H,1H3,(H,20,21);/q;+1/p-1/b9-7+;. The smallest absolute Gasteiger partial charge is 0.872 e. The van der Waals surface area contributed by atoms with Gasteiger partial charge in [-0.25, -0.2) is 4.79 Å². The van der Waals surface area contributed by atoms with E-state index in [-0.39, 0.29) is 46.4 Å². The van der Waals surface area contributed by atoms with E-state index >= 15 is 0 Å². The van der Waals surface area contributed by atoms with Crippen LogP contribution in [-0.4, -0.2) is 24.0 Å². The van der Waals surface area contributed by atoms with Crippen LogP contribution in [0.3, 0.4) is 0 Å². The molecule has 0 aliphatic heterocycles. The molecule has 0 aliphatic carbocycles. The molecule has 0 spiro atoms. The van der Waals surface area contributed by atoms with Gasteiger partial charge < -0.3 is 14.9 Å². The van der Waals surface area contributed by atoms with Crippen molar-refractivity contribution in [1.82, 2.24) is 0 Å². The number of carboxylic acids is 1. The Morgan fingerprint density at radius 1 is 1.13 bits per heavy atom. The first-order chi connectivity index (χ1) is 10.5. The van der Waals surface area contributed by atoms with Crippen LogP contribution in [0.2, 0.25) is 0 Å². The van der Waals surface area contributed by atoms with Crippen molar-refractivity contribution in [3.63, 3.8) is 0 Å². The van der Waals surface area contributed by atoms with Gasteiger partial charge in [-0.15, -0.1) is 0 Å². The fourth-order valence-electron chi connectivity index (χ4n) is 1.92. The van der Waals surface area contributed by atoms with Crippen molar-refractivity contribution < 1.29 is 54.1 Å². The van der Waals surface area contributed by atoms with E-state index in [1.54, 1.807) is 18.2 Å². The monoisotopic (exact) mass is 320 g/mol. The van der Waals surface area contributed by atoms with Crippen LogP contribution in [0.25, 0.3) is 6.08 Å². The van der Waals surface area contributed by atoms with Gasteiger partial charge >= 0.3 is 35.5 Å². The summed E-state index contributed by atoms with van der Waals surface area (Å²) in [6, 6.07) is 10.4. The fraction of sp³-hybridized carbons (Fsp3) is 0.0588. The quantitative estimate of drug-likeness (QED) is 0.450. The molecule has 6 heteroatoms. The van der Waals surface area contributed by atoms with Gasteiger partial charge in [0.15, 0.2) is 5.78 Å². The maximum absolute atomic E-state index is 12.1. The molecular formula is C17H13NaO5. The number of rotatable bonds is 5. The number of ether oxygens (including phenoxy) is 1. The maximum atomic E-state index is 12.1. The first-order valence-electron chi connectivity index (χ1n) is 6.42. The molecule has 0 saturated carbocycles. The predicted molar refractivity (Wildman–Crippen MR) is 79.2 cm³/mol. The fourth-order valence-corrected chi connectivity index (χ4v) is 1.92. The second-order valence-electron chi connectivity index (χ2n) is 4.45. The summed E-state index contributed by atoms with van der Waals surface area (Å²) in [6.45, 7) is 0. The van der Waals surface area contributed by atoms with Crippen LogP contribution in [0.1, 0.15) is 26.3 Å². The summed E-state index contributed by atoms with van der Waals surface area (Å²) in [5.41, 5.74) is 0.323. The Bertz CT molecular complexity index is 752. The van der Waals surface area contributed by atoms with Crippen molar-refractivity contribution >= 4 is 17.8 Å². The number of methoxy groups -OCH3 is 1. The number of hydrogen-bond acceptors (Lipinski definition) is 4. The molecule has 5 nitrogen and oxygen atoms in total. The Morgan fingerprint density at radius 3 is 2.35 bits per heavy atom. The summed E-state index contributed by atoms with van der Waals surface area (Å²) >= 11 is 0. The van der Waals surface area contributed by atoms with Gasteiger partial charge in [-0.05, 0) is 29.8 Å². The Kier molecular flexibility index (Phi) is 7.03. The second kappa shape index (κ2) is 8.53. The van der Waals surface area contributed by atoms with E-state index in [9.17, 15) is 14.7 Å². The summed E-state index contributed by atoms with van der Waals surface area (Å²) in [6.07, 6.45) is 2.55. The largest absolute Gasteiger partial charge is 1.00 e. The van der Waals surface area contributed by atoms with Crippen LogP contribution in [0, 0.1) is 0 Å². The Hall–Kier alpha value is -2.08. The molecule has 112 valence electrons. The molecule has 2 rings (SSSR count).